The maximum atomic E-state index is 12.5. The molecular weight excluding hydrogens is 295 g/mol. The molecule has 6 heteroatoms. The molecule has 2 aromatic rings. The summed E-state index contributed by atoms with van der Waals surface area (Å²) in [6.07, 6.45) is -2.90. The van der Waals surface area contributed by atoms with Crippen molar-refractivity contribution < 1.29 is 22.7 Å². The summed E-state index contributed by atoms with van der Waals surface area (Å²) in [6.45, 7) is 0.161. The lowest BCUT2D eigenvalue weighted by Crippen LogP contribution is -2.04. The van der Waals surface area contributed by atoms with Gasteiger partial charge >= 0.3 is 12.1 Å². The van der Waals surface area contributed by atoms with Gasteiger partial charge in [-0.05, 0) is 29.8 Å². The van der Waals surface area contributed by atoms with Gasteiger partial charge in [-0.25, -0.2) is 4.79 Å². The normalized spacial score (nSPS) is 14.2. The number of aliphatic imine (C=N–C) groups is 1. The van der Waals surface area contributed by atoms with Crippen molar-refractivity contribution in [1.29, 1.82) is 0 Å². The zero-order valence-electron chi connectivity index (χ0n) is 11.2. The molecule has 0 unspecified atom stereocenters. The topological polar surface area (TPSA) is 38.7 Å². The maximum Gasteiger partial charge on any atom is 0.416 e. The number of carbonyl (C=O) groups excluding carboxylic acids is 1. The Labute approximate surface area is 124 Å². The van der Waals surface area contributed by atoms with Gasteiger partial charge in [0.05, 0.1) is 16.8 Å². The van der Waals surface area contributed by atoms with E-state index in [9.17, 15) is 18.0 Å². The summed E-state index contributed by atoms with van der Waals surface area (Å²) in [7, 11) is 0. The minimum absolute atomic E-state index is 0.161. The molecule has 22 heavy (non-hydrogen) atoms. The largest absolute Gasteiger partial charge is 0.457 e. The van der Waals surface area contributed by atoms with Crippen LogP contribution < -0.4 is 0 Å². The summed E-state index contributed by atoms with van der Waals surface area (Å²) in [5.41, 5.74) is 1.57. The third-order valence-electron chi connectivity index (χ3n) is 3.31. The number of rotatable bonds is 2. The first-order chi connectivity index (χ1) is 10.4. The SMILES string of the molecule is O=C1OCc2c(/N=C/c3ccc(C(F)(F)F)cc3)cccc21. The van der Waals surface area contributed by atoms with Gasteiger partial charge in [0.15, 0.2) is 0 Å². The molecule has 0 atom stereocenters. The highest BCUT2D eigenvalue weighted by Crippen LogP contribution is 2.30. The molecule has 2 aromatic carbocycles. The molecule has 0 aliphatic carbocycles. The minimum Gasteiger partial charge on any atom is -0.457 e. The zero-order valence-corrected chi connectivity index (χ0v) is 11.2. The molecule has 0 saturated carbocycles. The van der Waals surface area contributed by atoms with Crippen LogP contribution in [0.3, 0.4) is 0 Å². The van der Waals surface area contributed by atoms with Crippen LogP contribution in [0.15, 0.2) is 47.5 Å². The van der Waals surface area contributed by atoms with Crippen LogP contribution >= 0.6 is 0 Å². The highest BCUT2D eigenvalue weighted by atomic mass is 19.4. The van der Waals surface area contributed by atoms with Gasteiger partial charge < -0.3 is 4.74 Å². The predicted molar refractivity (Wildman–Crippen MR) is 74.3 cm³/mol. The molecule has 0 spiro atoms. The van der Waals surface area contributed by atoms with Crippen molar-refractivity contribution in [3.63, 3.8) is 0 Å². The Kier molecular flexibility index (Phi) is 3.44. The number of cyclic esters (lactones) is 1. The highest BCUT2D eigenvalue weighted by Gasteiger charge is 2.29. The molecule has 0 amide bonds. The highest BCUT2D eigenvalue weighted by molar-refractivity contribution is 5.95. The second kappa shape index (κ2) is 5.29. The van der Waals surface area contributed by atoms with Gasteiger partial charge in [-0.2, -0.15) is 13.2 Å². The van der Waals surface area contributed by atoms with Crippen LogP contribution in [0, 0.1) is 0 Å². The summed E-state index contributed by atoms with van der Waals surface area (Å²) >= 11 is 0. The molecule has 0 saturated heterocycles. The second-order valence-corrected chi connectivity index (χ2v) is 4.76. The minimum atomic E-state index is -4.35. The number of alkyl halides is 3. The lowest BCUT2D eigenvalue weighted by atomic mass is 10.1. The second-order valence-electron chi connectivity index (χ2n) is 4.76. The van der Waals surface area contributed by atoms with E-state index >= 15 is 0 Å². The molecule has 0 bridgehead atoms. The van der Waals surface area contributed by atoms with Crippen LogP contribution in [0.25, 0.3) is 0 Å². The molecule has 1 heterocycles. The predicted octanol–water partition coefficient (Wildman–Crippen LogP) is 4.13. The van der Waals surface area contributed by atoms with Gasteiger partial charge in [0.2, 0.25) is 0 Å². The molecule has 3 rings (SSSR count). The Morgan fingerprint density at radius 3 is 2.50 bits per heavy atom. The molecule has 112 valence electrons. The van der Waals surface area contributed by atoms with Gasteiger partial charge in [-0.3, -0.25) is 4.99 Å². The fourth-order valence-corrected chi connectivity index (χ4v) is 2.16. The number of hydrogen-bond donors (Lipinski definition) is 0. The van der Waals surface area contributed by atoms with E-state index in [4.69, 9.17) is 4.74 Å². The molecule has 1 aliphatic rings. The fourth-order valence-electron chi connectivity index (χ4n) is 2.16. The monoisotopic (exact) mass is 305 g/mol. The summed E-state index contributed by atoms with van der Waals surface area (Å²) in [6, 6.07) is 9.76. The van der Waals surface area contributed by atoms with E-state index in [-0.39, 0.29) is 12.6 Å². The van der Waals surface area contributed by atoms with E-state index in [1.807, 2.05) is 0 Å². The number of nitrogens with zero attached hydrogens (tertiary/aromatic N) is 1. The Balaban J connectivity index is 1.85. The van der Waals surface area contributed by atoms with E-state index in [0.29, 0.717) is 22.4 Å². The lowest BCUT2D eigenvalue weighted by molar-refractivity contribution is -0.137. The maximum absolute atomic E-state index is 12.5. The van der Waals surface area contributed by atoms with Gasteiger partial charge in [0.25, 0.3) is 0 Å². The van der Waals surface area contributed by atoms with Crippen molar-refractivity contribution in [2.45, 2.75) is 12.8 Å². The quantitative estimate of drug-likeness (QED) is 0.618. The van der Waals surface area contributed by atoms with Crippen molar-refractivity contribution in [2.75, 3.05) is 0 Å². The summed E-state index contributed by atoms with van der Waals surface area (Å²) in [5.74, 6) is -0.387. The van der Waals surface area contributed by atoms with Crippen LogP contribution in [0.1, 0.15) is 27.0 Å². The number of benzene rings is 2. The number of ether oxygens (including phenoxy) is 1. The van der Waals surface area contributed by atoms with Crippen LogP contribution in [0.4, 0.5) is 18.9 Å². The molecular formula is C16H10F3NO2. The number of esters is 1. The van der Waals surface area contributed by atoms with Crippen molar-refractivity contribution in [3.05, 3.63) is 64.7 Å². The Hall–Kier alpha value is -2.63. The van der Waals surface area contributed by atoms with Crippen molar-refractivity contribution in [3.8, 4) is 0 Å². The number of hydrogen-bond acceptors (Lipinski definition) is 3. The molecule has 1 aliphatic heterocycles. The molecule has 0 fully saturated rings. The first kappa shape index (κ1) is 14.3. The van der Waals surface area contributed by atoms with E-state index in [0.717, 1.165) is 12.1 Å². The van der Waals surface area contributed by atoms with Gasteiger partial charge in [-0.1, -0.05) is 18.2 Å². The Morgan fingerprint density at radius 2 is 1.82 bits per heavy atom. The first-order valence-corrected chi connectivity index (χ1v) is 6.45. The molecule has 0 N–H and O–H groups in total. The number of carbonyl (C=O) groups is 1. The average molecular weight is 305 g/mol. The fraction of sp³-hybridized carbons (Fsp3) is 0.125. The van der Waals surface area contributed by atoms with E-state index < -0.39 is 11.7 Å². The first-order valence-electron chi connectivity index (χ1n) is 6.45. The van der Waals surface area contributed by atoms with E-state index in [1.165, 1.54) is 18.3 Å². The summed E-state index contributed by atoms with van der Waals surface area (Å²) in [5, 5.41) is 0. The van der Waals surface area contributed by atoms with Gasteiger partial charge in [-0.15, -0.1) is 0 Å². The molecule has 3 nitrogen and oxygen atoms in total. The molecule has 0 aromatic heterocycles. The molecule has 0 radical (unpaired) electrons. The number of halogens is 3. The number of fused-ring (bicyclic) bond motifs is 1. The van der Waals surface area contributed by atoms with Crippen LogP contribution in [0.2, 0.25) is 0 Å². The van der Waals surface area contributed by atoms with Gasteiger partial charge in [0, 0.05) is 11.8 Å². The van der Waals surface area contributed by atoms with Crippen LogP contribution in [-0.4, -0.2) is 12.2 Å². The summed E-state index contributed by atoms with van der Waals surface area (Å²) in [4.78, 5) is 15.7. The Morgan fingerprint density at radius 1 is 1.09 bits per heavy atom. The average Bonchev–Trinajstić information content (AvgIpc) is 2.87. The van der Waals surface area contributed by atoms with Crippen LogP contribution in [0.5, 0.6) is 0 Å². The van der Waals surface area contributed by atoms with E-state index in [1.54, 1.807) is 18.2 Å². The van der Waals surface area contributed by atoms with Crippen LogP contribution in [-0.2, 0) is 17.5 Å². The summed E-state index contributed by atoms with van der Waals surface area (Å²) < 4.78 is 42.4. The third kappa shape index (κ3) is 2.72. The standard InChI is InChI=1S/C16H10F3NO2/c17-16(18,19)11-6-4-10(5-7-11)8-20-14-3-1-2-12-13(14)9-22-15(12)21/h1-8H,9H2/b20-8+. The third-order valence-corrected chi connectivity index (χ3v) is 3.31. The van der Waals surface area contributed by atoms with Crippen molar-refractivity contribution in [1.82, 2.24) is 0 Å². The lowest BCUT2D eigenvalue weighted by Gasteiger charge is -2.05. The van der Waals surface area contributed by atoms with Gasteiger partial charge in [0.1, 0.15) is 6.61 Å². The van der Waals surface area contributed by atoms with E-state index in [2.05, 4.69) is 4.99 Å². The zero-order chi connectivity index (χ0) is 15.7. The Bertz CT molecular complexity index is 749. The van der Waals surface area contributed by atoms with Crippen molar-refractivity contribution in [2.24, 2.45) is 4.99 Å². The van der Waals surface area contributed by atoms with Crippen molar-refractivity contribution >= 4 is 17.9 Å². The smallest absolute Gasteiger partial charge is 0.416 e.